The number of pyridine rings is 1. The fraction of sp³-hybridized carbons (Fsp3) is 0.625. The van der Waals surface area contributed by atoms with E-state index < -0.39 is 30.0 Å². The van der Waals surface area contributed by atoms with Gasteiger partial charge in [0, 0.05) is 0 Å². The summed E-state index contributed by atoms with van der Waals surface area (Å²) >= 11 is 0. The van der Waals surface area contributed by atoms with Gasteiger partial charge in [0.2, 0.25) is 0 Å². The van der Waals surface area contributed by atoms with E-state index in [4.69, 9.17) is 14.0 Å². The van der Waals surface area contributed by atoms with Crippen molar-refractivity contribution in [2.75, 3.05) is 5.32 Å². The lowest BCUT2D eigenvalue weighted by molar-refractivity contribution is 0.00578. The highest BCUT2D eigenvalue weighted by molar-refractivity contribution is 6.61. The van der Waals surface area contributed by atoms with Crippen LogP contribution in [-0.2, 0) is 14.0 Å². The highest BCUT2D eigenvalue weighted by atomic mass is 16.7. The number of aromatic hydroxyl groups is 1. The quantitative estimate of drug-likeness (QED) is 0.806. The van der Waals surface area contributed by atoms with Crippen molar-refractivity contribution >= 4 is 24.5 Å². The Kier molecular flexibility index (Phi) is 4.58. The molecule has 2 rings (SSSR count). The van der Waals surface area contributed by atoms with Crippen molar-refractivity contribution in [1.29, 1.82) is 0 Å². The SMILES string of the molecule is CC(C)(C)OC(=O)Nc1cc(B2OC(C)(C)C(C)(C)O2)ncc1O. The van der Waals surface area contributed by atoms with Gasteiger partial charge >= 0.3 is 13.2 Å². The Morgan fingerprint density at radius 2 is 1.79 bits per heavy atom. The summed E-state index contributed by atoms with van der Waals surface area (Å²) in [5, 5.41) is 12.4. The van der Waals surface area contributed by atoms with E-state index in [-0.39, 0.29) is 11.4 Å². The summed E-state index contributed by atoms with van der Waals surface area (Å²) in [5.41, 5.74) is -1.01. The molecule has 1 aliphatic rings. The first kappa shape index (κ1) is 18.5. The number of aromatic nitrogens is 1. The van der Waals surface area contributed by atoms with Gasteiger partial charge < -0.3 is 19.2 Å². The molecule has 1 fully saturated rings. The second-order valence-corrected chi connectivity index (χ2v) is 7.84. The summed E-state index contributed by atoms with van der Waals surface area (Å²) in [4.78, 5) is 16.0. The van der Waals surface area contributed by atoms with Crippen LogP contribution in [0.1, 0.15) is 48.5 Å². The third-order valence-corrected chi connectivity index (χ3v) is 4.03. The molecule has 2 N–H and O–H groups in total. The van der Waals surface area contributed by atoms with Gasteiger partial charge in [0.15, 0.2) is 5.75 Å². The number of hydrogen-bond donors (Lipinski definition) is 2. The number of amides is 1. The number of nitrogens with zero attached hydrogens (tertiary/aromatic N) is 1. The van der Waals surface area contributed by atoms with Gasteiger partial charge in [0.25, 0.3) is 0 Å². The van der Waals surface area contributed by atoms with Crippen molar-refractivity contribution in [2.24, 2.45) is 0 Å². The molecular weight excluding hydrogens is 311 g/mol. The van der Waals surface area contributed by atoms with E-state index in [0.717, 1.165) is 0 Å². The van der Waals surface area contributed by atoms with Gasteiger partial charge in [-0.1, -0.05) is 0 Å². The second kappa shape index (κ2) is 5.93. The van der Waals surface area contributed by atoms with Gasteiger partial charge in [-0.2, -0.15) is 0 Å². The van der Waals surface area contributed by atoms with Crippen LogP contribution in [0.2, 0.25) is 0 Å². The number of ether oxygens (including phenoxy) is 1. The normalized spacial score (nSPS) is 19.2. The van der Waals surface area contributed by atoms with Crippen LogP contribution in [0, 0.1) is 0 Å². The summed E-state index contributed by atoms with van der Waals surface area (Å²) in [7, 11) is -0.685. The average Bonchev–Trinajstić information content (AvgIpc) is 2.59. The molecule has 0 radical (unpaired) electrons. The van der Waals surface area contributed by atoms with Crippen molar-refractivity contribution in [3.05, 3.63) is 12.3 Å². The second-order valence-electron chi connectivity index (χ2n) is 7.84. The summed E-state index contributed by atoms with van der Waals surface area (Å²) in [6.07, 6.45) is 0.580. The molecule has 0 spiro atoms. The van der Waals surface area contributed by atoms with Crippen LogP contribution in [0.25, 0.3) is 0 Å². The molecule has 0 aliphatic carbocycles. The summed E-state index contributed by atoms with van der Waals surface area (Å²) in [6, 6.07) is 1.52. The molecule has 0 saturated carbocycles. The van der Waals surface area contributed by atoms with Crippen molar-refractivity contribution in [3.63, 3.8) is 0 Å². The van der Waals surface area contributed by atoms with Gasteiger partial charge in [0.05, 0.1) is 28.7 Å². The monoisotopic (exact) mass is 336 g/mol. The Morgan fingerprint density at radius 1 is 1.25 bits per heavy atom. The van der Waals surface area contributed by atoms with Crippen LogP contribution < -0.4 is 10.9 Å². The molecule has 132 valence electrons. The molecular formula is C16H25BN2O5. The maximum atomic E-state index is 11.9. The number of nitrogens with one attached hydrogen (secondary N) is 1. The summed E-state index contributed by atoms with van der Waals surface area (Å²) in [6.45, 7) is 13.0. The van der Waals surface area contributed by atoms with Crippen LogP contribution >= 0.6 is 0 Å². The maximum absolute atomic E-state index is 11.9. The lowest BCUT2D eigenvalue weighted by atomic mass is 9.84. The average molecular weight is 336 g/mol. The molecule has 0 unspecified atom stereocenters. The third-order valence-electron chi connectivity index (χ3n) is 4.03. The van der Waals surface area contributed by atoms with Crippen molar-refractivity contribution in [1.82, 2.24) is 4.98 Å². The van der Waals surface area contributed by atoms with E-state index in [9.17, 15) is 9.90 Å². The summed E-state index contributed by atoms with van der Waals surface area (Å²) < 4.78 is 17.0. The van der Waals surface area contributed by atoms with Crippen LogP contribution in [-0.4, -0.2) is 40.1 Å². The van der Waals surface area contributed by atoms with Crippen LogP contribution in [0.4, 0.5) is 10.5 Å². The Labute approximate surface area is 142 Å². The van der Waals surface area contributed by atoms with E-state index in [1.54, 1.807) is 20.8 Å². The Morgan fingerprint density at radius 3 is 2.29 bits per heavy atom. The minimum atomic E-state index is -0.685. The number of rotatable bonds is 2. The Bertz CT molecular complexity index is 624. The van der Waals surface area contributed by atoms with E-state index in [0.29, 0.717) is 5.59 Å². The van der Waals surface area contributed by atoms with Crippen molar-refractivity contribution in [3.8, 4) is 5.75 Å². The van der Waals surface area contributed by atoms with Gasteiger partial charge in [0.1, 0.15) is 5.60 Å². The first-order valence-corrected chi connectivity index (χ1v) is 7.85. The zero-order valence-corrected chi connectivity index (χ0v) is 15.3. The molecule has 8 heteroatoms. The van der Waals surface area contributed by atoms with Crippen molar-refractivity contribution in [2.45, 2.75) is 65.3 Å². The molecule has 1 aliphatic heterocycles. The zero-order chi connectivity index (χ0) is 18.3. The number of carbonyl (C=O) groups is 1. The van der Waals surface area contributed by atoms with Gasteiger partial charge in [-0.05, 0) is 54.5 Å². The fourth-order valence-electron chi connectivity index (χ4n) is 2.07. The molecule has 1 aromatic heterocycles. The number of anilines is 1. The smallest absolute Gasteiger partial charge is 0.504 e. The van der Waals surface area contributed by atoms with E-state index in [1.165, 1.54) is 12.3 Å². The predicted molar refractivity (Wildman–Crippen MR) is 91.5 cm³/mol. The largest absolute Gasteiger partial charge is 0.514 e. The minimum Gasteiger partial charge on any atom is -0.504 e. The first-order valence-electron chi connectivity index (χ1n) is 7.85. The molecule has 0 atom stereocenters. The van der Waals surface area contributed by atoms with Crippen LogP contribution in [0.3, 0.4) is 0 Å². The Balaban J connectivity index is 2.19. The van der Waals surface area contributed by atoms with Crippen molar-refractivity contribution < 1.29 is 23.9 Å². The molecule has 2 heterocycles. The van der Waals surface area contributed by atoms with Gasteiger partial charge in [-0.15, -0.1) is 0 Å². The van der Waals surface area contributed by atoms with Gasteiger partial charge in [-0.3, -0.25) is 10.3 Å². The number of hydrogen-bond acceptors (Lipinski definition) is 6. The molecule has 1 saturated heterocycles. The van der Waals surface area contributed by atoms with Gasteiger partial charge in [-0.25, -0.2) is 4.79 Å². The Hall–Kier alpha value is -1.80. The summed E-state index contributed by atoms with van der Waals surface area (Å²) in [5.74, 6) is -0.166. The van der Waals surface area contributed by atoms with E-state index in [2.05, 4.69) is 10.3 Å². The number of carbonyl (C=O) groups excluding carboxylic acids is 1. The molecule has 7 nitrogen and oxygen atoms in total. The topological polar surface area (TPSA) is 89.9 Å². The third kappa shape index (κ3) is 3.99. The predicted octanol–water partition coefficient (Wildman–Crippen LogP) is 2.43. The minimum absolute atomic E-state index is 0.166. The highest BCUT2D eigenvalue weighted by Gasteiger charge is 2.52. The van der Waals surface area contributed by atoms with Crippen LogP contribution in [0.15, 0.2) is 12.3 Å². The molecule has 24 heavy (non-hydrogen) atoms. The molecule has 1 amide bonds. The molecule has 0 aromatic carbocycles. The lowest BCUT2D eigenvalue weighted by Gasteiger charge is -2.32. The standard InChI is InChI=1S/C16H25BN2O5/c1-14(2,3)22-13(21)19-10-8-12(18-9-11(10)20)17-23-15(4,5)16(6,7)24-17/h8-9,20H,1-7H3,(H,18,19,21). The van der Waals surface area contributed by atoms with E-state index >= 15 is 0 Å². The zero-order valence-electron chi connectivity index (χ0n) is 15.3. The first-order chi connectivity index (χ1) is 10.8. The fourth-order valence-corrected chi connectivity index (χ4v) is 2.07. The molecule has 0 bridgehead atoms. The lowest BCUT2D eigenvalue weighted by Crippen LogP contribution is -2.41. The van der Waals surface area contributed by atoms with E-state index in [1.807, 2.05) is 27.7 Å². The molecule has 1 aromatic rings. The maximum Gasteiger partial charge on any atom is 0.514 e. The highest BCUT2D eigenvalue weighted by Crippen LogP contribution is 2.36. The van der Waals surface area contributed by atoms with Crippen LogP contribution in [0.5, 0.6) is 5.75 Å².